The van der Waals surface area contributed by atoms with Crippen molar-refractivity contribution in [1.82, 2.24) is 14.7 Å². The molecule has 6 fully saturated rings. The molecule has 1 N–H and O–H groups in total. The van der Waals surface area contributed by atoms with Crippen molar-refractivity contribution in [3.63, 3.8) is 0 Å². The molecule has 210 valence electrons. The van der Waals surface area contributed by atoms with Crippen molar-refractivity contribution in [3.05, 3.63) is 11.9 Å². The molecule has 7 rings (SSSR count). The molecular formula is C27H39N3O6S2. The Morgan fingerprint density at radius 2 is 1.18 bits per heavy atom. The van der Waals surface area contributed by atoms with E-state index in [1.807, 2.05) is 6.92 Å². The number of sulfonamides is 1. The van der Waals surface area contributed by atoms with Gasteiger partial charge >= 0.3 is 0 Å². The quantitative estimate of drug-likeness (QED) is 0.484. The lowest BCUT2D eigenvalue weighted by Gasteiger charge is -2.36. The predicted molar refractivity (Wildman–Crippen MR) is 141 cm³/mol. The average molecular weight is 566 g/mol. The molecule has 6 saturated carbocycles. The summed E-state index contributed by atoms with van der Waals surface area (Å²) in [5.41, 5.74) is 0.775. The zero-order valence-electron chi connectivity index (χ0n) is 22.0. The van der Waals surface area contributed by atoms with Crippen LogP contribution in [0.3, 0.4) is 0 Å². The normalized spacial score (nSPS) is 38.8. The molecule has 0 amide bonds. The molecule has 0 saturated heterocycles. The van der Waals surface area contributed by atoms with Crippen LogP contribution in [0, 0.1) is 30.6 Å². The molecule has 1 heterocycles. The van der Waals surface area contributed by atoms with Crippen molar-refractivity contribution in [1.29, 1.82) is 0 Å². The van der Waals surface area contributed by atoms with E-state index in [0.29, 0.717) is 23.6 Å². The van der Waals surface area contributed by atoms with E-state index in [9.17, 15) is 16.8 Å². The minimum Gasteiger partial charge on any atom is -0.474 e. The van der Waals surface area contributed by atoms with Crippen LogP contribution in [0.5, 0.6) is 11.8 Å². The first kappa shape index (κ1) is 25.5. The van der Waals surface area contributed by atoms with Crippen molar-refractivity contribution in [2.75, 3.05) is 0 Å². The SMILES string of the molecule is Cc1c(OC2C[C@@H]3CC[C@@H](C2)C3NS(=O)(=O)C2CC2)ncnc1OC1C[C@H]2CC[C@H](C1)C2S(=O)(=O)C1CC1. The molecule has 0 radical (unpaired) electrons. The van der Waals surface area contributed by atoms with Crippen LogP contribution in [0.15, 0.2) is 6.33 Å². The third kappa shape index (κ3) is 4.64. The lowest BCUT2D eigenvalue weighted by molar-refractivity contribution is 0.0924. The molecule has 38 heavy (non-hydrogen) atoms. The smallest absolute Gasteiger partial charge is 0.223 e. The van der Waals surface area contributed by atoms with Crippen molar-refractivity contribution in [3.8, 4) is 11.8 Å². The van der Waals surface area contributed by atoms with E-state index < -0.39 is 19.9 Å². The summed E-state index contributed by atoms with van der Waals surface area (Å²) in [6.07, 6.45) is 11.8. The van der Waals surface area contributed by atoms with Crippen LogP contribution in [0.1, 0.15) is 82.6 Å². The Hall–Kier alpha value is -1.46. The number of rotatable bonds is 9. The number of nitrogens with zero attached hydrogens (tertiary/aromatic N) is 2. The largest absolute Gasteiger partial charge is 0.474 e. The van der Waals surface area contributed by atoms with E-state index in [-0.39, 0.29) is 45.8 Å². The molecule has 4 bridgehead atoms. The summed E-state index contributed by atoms with van der Waals surface area (Å²) < 4.78 is 66.9. The third-order valence-electron chi connectivity index (χ3n) is 10.2. The van der Waals surface area contributed by atoms with E-state index in [4.69, 9.17) is 9.47 Å². The molecule has 6 aliphatic carbocycles. The number of fused-ring (bicyclic) bond motifs is 4. The fourth-order valence-electron chi connectivity index (χ4n) is 8.07. The number of aromatic nitrogens is 2. The fraction of sp³-hybridized carbons (Fsp3) is 0.852. The van der Waals surface area contributed by atoms with Gasteiger partial charge in [-0.15, -0.1) is 0 Å². The lowest BCUT2D eigenvalue weighted by atomic mass is 9.83. The maximum atomic E-state index is 13.0. The predicted octanol–water partition coefficient (Wildman–Crippen LogP) is 3.32. The Kier molecular flexibility index (Phi) is 6.24. The molecule has 9 nitrogen and oxygen atoms in total. The van der Waals surface area contributed by atoms with Gasteiger partial charge in [-0.3, -0.25) is 0 Å². The number of ether oxygens (including phenoxy) is 2. The van der Waals surface area contributed by atoms with Gasteiger partial charge in [-0.25, -0.2) is 31.5 Å². The molecule has 11 heteroatoms. The number of hydrogen-bond acceptors (Lipinski definition) is 8. The van der Waals surface area contributed by atoms with E-state index >= 15 is 0 Å². The summed E-state index contributed by atoms with van der Waals surface area (Å²) in [5.74, 6) is 2.02. The monoisotopic (exact) mass is 565 g/mol. The number of hydrogen-bond donors (Lipinski definition) is 1. The first-order chi connectivity index (χ1) is 18.2. The Bertz CT molecular complexity index is 1270. The highest BCUT2D eigenvalue weighted by molar-refractivity contribution is 7.93. The van der Waals surface area contributed by atoms with Gasteiger partial charge in [0.15, 0.2) is 9.84 Å². The van der Waals surface area contributed by atoms with Gasteiger partial charge in [0.1, 0.15) is 18.5 Å². The van der Waals surface area contributed by atoms with E-state index in [1.165, 1.54) is 6.33 Å². The van der Waals surface area contributed by atoms with Gasteiger partial charge in [-0.1, -0.05) is 0 Å². The first-order valence-corrected chi connectivity index (χ1v) is 17.7. The van der Waals surface area contributed by atoms with Crippen molar-refractivity contribution >= 4 is 19.9 Å². The summed E-state index contributed by atoms with van der Waals surface area (Å²) in [7, 11) is -6.20. The van der Waals surface area contributed by atoms with E-state index in [0.717, 1.165) is 82.6 Å². The first-order valence-electron chi connectivity index (χ1n) is 14.6. The number of sulfone groups is 1. The minimum absolute atomic E-state index is 0.00505. The summed E-state index contributed by atoms with van der Waals surface area (Å²) in [5, 5.41) is -0.467. The molecule has 4 atom stereocenters. The van der Waals surface area contributed by atoms with Crippen molar-refractivity contribution < 1.29 is 26.3 Å². The van der Waals surface area contributed by atoms with Crippen LogP contribution in [0.2, 0.25) is 0 Å². The van der Waals surface area contributed by atoms with Gasteiger partial charge in [0.25, 0.3) is 0 Å². The Labute approximate surface area is 225 Å². The molecule has 0 aliphatic heterocycles. The summed E-state index contributed by atoms with van der Waals surface area (Å²) >= 11 is 0. The highest BCUT2D eigenvalue weighted by Gasteiger charge is 2.54. The molecule has 0 unspecified atom stereocenters. The Balaban J connectivity index is 0.990. The molecular weight excluding hydrogens is 526 g/mol. The third-order valence-corrected chi connectivity index (χ3v) is 15.1. The molecule has 0 aromatic carbocycles. The van der Waals surface area contributed by atoms with Gasteiger partial charge < -0.3 is 9.47 Å². The van der Waals surface area contributed by atoms with Crippen molar-refractivity contribution in [2.24, 2.45) is 23.7 Å². The van der Waals surface area contributed by atoms with E-state index in [2.05, 4.69) is 14.7 Å². The van der Waals surface area contributed by atoms with Crippen LogP contribution >= 0.6 is 0 Å². The fourth-order valence-corrected chi connectivity index (χ4v) is 12.6. The van der Waals surface area contributed by atoms with Crippen LogP contribution in [0.4, 0.5) is 0 Å². The average Bonchev–Trinajstić information content (AvgIpc) is 3.77. The molecule has 1 aromatic rings. The van der Waals surface area contributed by atoms with Crippen LogP contribution in [-0.2, 0) is 19.9 Å². The van der Waals surface area contributed by atoms with Gasteiger partial charge in [0, 0.05) is 6.04 Å². The standard InChI is InChI=1S/C27H39N3O6S2/c1-15-26(35-20-10-16-2-3-17(11-20)24(16)30-38(33,34)23-8-9-23)28-14-29-27(15)36-21-12-18-4-5-19(13-21)25(18)37(31,32)22-6-7-22/h14,16-25,30H,2-13H2,1H3/t16-,17-,18+,19+,20?,21?,24?,25?/m0/s1. The molecule has 0 spiro atoms. The topological polar surface area (TPSA) is 125 Å². The zero-order chi connectivity index (χ0) is 26.2. The second kappa shape index (κ2) is 9.29. The van der Waals surface area contributed by atoms with E-state index in [1.54, 1.807) is 0 Å². The summed E-state index contributed by atoms with van der Waals surface area (Å²) in [6, 6.07) is 0.0278. The zero-order valence-corrected chi connectivity index (χ0v) is 23.6. The minimum atomic E-state index is -3.19. The van der Waals surface area contributed by atoms with Crippen LogP contribution < -0.4 is 14.2 Å². The van der Waals surface area contributed by atoms with Gasteiger partial charge in [-0.05, 0) is 108 Å². The molecule has 1 aromatic heterocycles. The maximum absolute atomic E-state index is 13.0. The van der Waals surface area contributed by atoms with Gasteiger partial charge in [0.2, 0.25) is 21.8 Å². The lowest BCUT2D eigenvalue weighted by Crippen LogP contribution is -2.48. The van der Waals surface area contributed by atoms with Gasteiger partial charge in [-0.2, -0.15) is 0 Å². The van der Waals surface area contributed by atoms with Crippen LogP contribution in [-0.4, -0.2) is 60.8 Å². The second-order valence-corrected chi connectivity index (χ2v) is 17.2. The summed E-state index contributed by atoms with van der Waals surface area (Å²) in [6.45, 7) is 1.92. The highest BCUT2D eigenvalue weighted by atomic mass is 32.2. The van der Waals surface area contributed by atoms with Crippen molar-refractivity contribution in [2.45, 2.75) is 118 Å². The Morgan fingerprint density at radius 1 is 0.711 bits per heavy atom. The van der Waals surface area contributed by atoms with Gasteiger partial charge in [0.05, 0.1) is 21.3 Å². The summed E-state index contributed by atoms with van der Waals surface area (Å²) in [4.78, 5) is 8.83. The molecule has 6 aliphatic rings. The number of nitrogens with one attached hydrogen (secondary N) is 1. The van der Waals surface area contributed by atoms with Crippen LogP contribution in [0.25, 0.3) is 0 Å². The second-order valence-electron chi connectivity index (χ2n) is 12.9. The highest BCUT2D eigenvalue weighted by Crippen LogP contribution is 2.50. The Morgan fingerprint density at radius 3 is 1.68 bits per heavy atom. The maximum Gasteiger partial charge on any atom is 0.223 e.